The third-order valence-electron chi connectivity index (χ3n) is 4.76. The zero-order valence-electron chi connectivity index (χ0n) is 18.4. The second-order valence-electron chi connectivity index (χ2n) is 7.02. The number of alkyl halides is 3. The van der Waals surface area contributed by atoms with Gasteiger partial charge < -0.3 is 9.47 Å². The van der Waals surface area contributed by atoms with E-state index in [2.05, 4.69) is 20.6 Å². The minimum atomic E-state index is -4.63. The molecular weight excluding hydrogens is 483 g/mol. The number of rotatable bonds is 7. The van der Waals surface area contributed by atoms with Crippen molar-refractivity contribution in [1.29, 1.82) is 0 Å². The molecule has 1 N–H and O–H groups in total. The van der Waals surface area contributed by atoms with E-state index in [1.807, 2.05) is 0 Å². The molecule has 2 heterocycles. The summed E-state index contributed by atoms with van der Waals surface area (Å²) in [4.78, 5) is 16.7. The van der Waals surface area contributed by atoms with Gasteiger partial charge in [-0.1, -0.05) is 30.3 Å². The summed E-state index contributed by atoms with van der Waals surface area (Å²) in [5.41, 5.74) is 2.64. The Balaban J connectivity index is 1.55. The Morgan fingerprint density at radius 1 is 1.09 bits per heavy atom. The summed E-state index contributed by atoms with van der Waals surface area (Å²) in [5.74, 6) is 0.415. The molecule has 0 fully saturated rings. The Morgan fingerprint density at radius 2 is 1.83 bits per heavy atom. The lowest BCUT2D eigenvalue weighted by Crippen LogP contribution is -2.18. The number of benzene rings is 2. The second-order valence-corrected chi connectivity index (χ2v) is 7.86. The number of aromatic nitrogens is 3. The molecule has 1 amide bonds. The minimum Gasteiger partial charge on any atom is -0.493 e. The Hall–Kier alpha value is -4.19. The summed E-state index contributed by atoms with van der Waals surface area (Å²) in [7, 11) is 3.02. The van der Waals surface area contributed by atoms with Crippen LogP contribution in [-0.2, 0) is 6.18 Å². The molecule has 0 aliphatic carbocycles. The highest BCUT2D eigenvalue weighted by Crippen LogP contribution is 2.33. The molecule has 4 aromatic rings. The summed E-state index contributed by atoms with van der Waals surface area (Å²) < 4.78 is 51.5. The van der Waals surface area contributed by atoms with Crippen molar-refractivity contribution in [1.82, 2.24) is 20.2 Å². The number of halogens is 3. The minimum absolute atomic E-state index is 0.0162. The van der Waals surface area contributed by atoms with Gasteiger partial charge in [0.1, 0.15) is 5.69 Å². The normalized spacial score (nSPS) is 11.6. The van der Waals surface area contributed by atoms with Gasteiger partial charge in [0.15, 0.2) is 17.2 Å². The van der Waals surface area contributed by atoms with Gasteiger partial charge in [-0.2, -0.15) is 23.4 Å². The first-order valence-electron chi connectivity index (χ1n) is 10.0. The number of methoxy groups -OCH3 is 2. The predicted octanol–water partition coefficient (Wildman–Crippen LogP) is 4.80. The summed E-state index contributed by atoms with van der Waals surface area (Å²) >= 11 is 0.982. The van der Waals surface area contributed by atoms with Crippen molar-refractivity contribution in [3.05, 3.63) is 76.9 Å². The number of nitrogens with zero attached hydrogens (tertiary/aromatic N) is 4. The average molecular weight is 501 g/mol. The molecule has 0 aliphatic heterocycles. The summed E-state index contributed by atoms with van der Waals surface area (Å²) in [6.45, 7) is 0. The quantitative estimate of drug-likeness (QED) is 0.290. The fourth-order valence-electron chi connectivity index (χ4n) is 3.10. The number of carbonyl (C=O) groups excluding carboxylic acids is 1. The van der Waals surface area contributed by atoms with Gasteiger partial charge in [-0.25, -0.2) is 15.1 Å². The molecule has 0 bridgehead atoms. The Kier molecular flexibility index (Phi) is 6.82. The molecule has 4 rings (SSSR count). The molecule has 0 spiro atoms. The van der Waals surface area contributed by atoms with Gasteiger partial charge in [-0.15, -0.1) is 11.3 Å². The van der Waals surface area contributed by atoms with Gasteiger partial charge in [-0.3, -0.25) is 4.79 Å². The first-order valence-corrected chi connectivity index (χ1v) is 10.9. The lowest BCUT2D eigenvalue weighted by Gasteiger charge is -2.07. The van der Waals surface area contributed by atoms with Crippen LogP contribution in [0.15, 0.2) is 65.1 Å². The lowest BCUT2D eigenvalue weighted by atomic mass is 10.1. The highest BCUT2D eigenvalue weighted by molar-refractivity contribution is 7.12. The first-order chi connectivity index (χ1) is 16.8. The van der Waals surface area contributed by atoms with Gasteiger partial charge in [-0.05, 0) is 29.8 Å². The zero-order chi connectivity index (χ0) is 25.0. The number of hydrogen-bond donors (Lipinski definition) is 1. The number of amides is 1. The van der Waals surface area contributed by atoms with Crippen molar-refractivity contribution < 1.29 is 27.4 Å². The van der Waals surface area contributed by atoms with Crippen LogP contribution in [0, 0.1) is 0 Å². The Morgan fingerprint density at radius 3 is 2.51 bits per heavy atom. The molecule has 0 aliphatic rings. The maximum Gasteiger partial charge on any atom is 0.435 e. The second kappa shape index (κ2) is 9.97. The van der Waals surface area contributed by atoms with E-state index in [0.29, 0.717) is 22.6 Å². The predicted molar refractivity (Wildman–Crippen MR) is 124 cm³/mol. The fourth-order valence-corrected chi connectivity index (χ4v) is 3.87. The molecule has 0 saturated carbocycles. The van der Waals surface area contributed by atoms with Crippen LogP contribution in [-0.4, -0.2) is 41.1 Å². The van der Waals surface area contributed by atoms with Crippen LogP contribution in [0.1, 0.15) is 21.7 Å². The van der Waals surface area contributed by atoms with Crippen molar-refractivity contribution >= 4 is 23.5 Å². The van der Waals surface area contributed by atoms with Crippen LogP contribution in [0.25, 0.3) is 16.4 Å². The number of thiazole rings is 1. The van der Waals surface area contributed by atoms with Crippen LogP contribution in [0.5, 0.6) is 11.5 Å². The molecule has 2 aromatic heterocycles. The molecule has 0 saturated heterocycles. The molecule has 0 radical (unpaired) electrons. The summed E-state index contributed by atoms with van der Waals surface area (Å²) in [6, 6.07) is 14.5. The van der Waals surface area contributed by atoms with Crippen molar-refractivity contribution in [3.8, 4) is 27.9 Å². The highest BCUT2D eigenvalue weighted by Gasteiger charge is 2.35. The molecule has 0 unspecified atom stereocenters. The SMILES string of the molecule is COc1ccc(C=NNC(=O)c2csc(-n3nc(C(F)(F)F)cc3-c3ccccc3)n2)cc1OC. The lowest BCUT2D eigenvalue weighted by molar-refractivity contribution is -0.141. The molecule has 12 heteroatoms. The van der Waals surface area contributed by atoms with E-state index in [1.165, 1.54) is 25.8 Å². The number of hydrogen-bond acceptors (Lipinski definition) is 7. The smallest absolute Gasteiger partial charge is 0.435 e. The standard InChI is InChI=1S/C23H18F3N5O3S/c1-33-18-9-8-14(10-19(18)34-2)12-27-29-21(32)16-13-35-22(28-16)31-17(15-6-4-3-5-7-15)11-20(30-31)23(24,25)26/h3-13H,1-2H3,(H,29,32). The van der Waals surface area contributed by atoms with Crippen LogP contribution in [0.4, 0.5) is 13.2 Å². The topological polar surface area (TPSA) is 90.6 Å². The molecule has 35 heavy (non-hydrogen) atoms. The van der Waals surface area contributed by atoms with Crippen LogP contribution < -0.4 is 14.9 Å². The summed E-state index contributed by atoms with van der Waals surface area (Å²) in [5, 5.41) is 9.12. The van der Waals surface area contributed by atoms with Crippen molar-refractivity contribution in [2.24, 2.45) is 5.10 Å². The van der Waals surface area contributed by atoms with Crippen molar-refractivity contribution in [3.63, 3.8) is 0 Å². The van der Waals surface area contributed by atoms with E-state index in [9.17, 15) is 18.0 Å². The third kappa shape index (κ3) is 5.32. The zero-order valence-corrected chi connectivity index (χ0v) is 19.2. The van der Waals surface area contributed by atoms with E-state index in [4.69, 9.17) is 9.47 Å². The van der Waals surface area contributed by atoms with E-state index in [-0.39, 0.29) is 16.5 Å². The van der Waals surface area contributed by atoms with Gasteiger partial charge in [0.2, 0.25) is 5.13 Å². The number of hydrazone groups is 1. The van der Waals surface area contributed by atoms with Gasteiger partial charge in [0.05, 0.1) is 26.1 Å². The third-order valence-corrected chi connectivity index (χ3v) is 5.58. The molecule has 0 atom stereocenters. The van der Waals surface area contributed by atoms with Crippen LogP contribution in [0.2, 0.25) is 0 Å². The monoisotopic (exact) mass is 501 g/mol. The maximum absolute atomic E-state index is 13.3. The van der Waals surface area contributed by atoms with Gasteiger partial charge in [0.25, 0.3) is 5.91 Å². The molecular formula is C23H18F3N5O3S. The fraction of sp³-hybridized carbons (Fsp3) is 0.130. The first kappa shape index (κ1) is 24.0. The maximum atomic E-state index is 13.3. The van der Waals surface area contributed by atoms with Gasteiger partial charge >= 0.3 is 6.18 Å². The molecule has 2 aromatic carbocycles. The highest BCUT2D eigenvalue weighted by atomic mass is 32.1. The van der Waals surface area contributed by atoms with Crippen LogP contribution >= 0.6 is 11.3 Å². The van der Waals surface area contributed by atoms with E-state index >= 15 is 0 Å². The van der Waals surface area contributed by atoms with Crippen molar-refractivity contribution in [2.75, 3.05) is 14.2 Å². The van der Waals surface area contributed by atoms with E-state index in [1.54, 1.807) is 48.5 Å². The number of nitrogens with one attached hydrogen (secondary N) is 1. The van der Waals surface area contributed by atoms with Crippen molar-refractivity contribution in [2.45, 2.75) is 6.18 Å². The molecule has 8 nitrogen and oxygen atoms in total. The Bertz CT molecular complexity index is 1370. The average Bonchev–Trinajstić information content (AvgIpc) is 3.52. The number of ether oxygens (including phenoxy) is 2. The molecule has 180 valence electrons. The van der Waals surface area contributed by atoms with E-state index in [0.717, 1.165) is 22.1 Å². The Labute approximate surface area is 201 Å². The van der Waals surface area contributed by atoms with Gasteiger partial charge in [0, 0.05) is 10.9 Å². The van der Waals surface area contributed by atoms with E-state index < -0.39 is 17.8 Å². The number of carbonyl (C=O) groups is 1. The summed E-state index contributed by atoms with van der Waals surface area (Å²) in [6.07, 6.45) is -3.23. The van der Waals surface area contributed by atoms with Crippen LogP contribution in [0.3, 0.4) is 0 Å². The largest absolute Gasteiger partial charge is 0.493 e.